The van der Waals surface area contributed by atoms with Gasteiger partial charge in [-0.25, -0.2) is 13.4 Å². The Balaban J connectivity index is 2.36. The van der Waals surface area contributed by atoms with E-state index in [0.29, 0.717) is 17.3 Å². The molecule has 1 fully saturated rings. The second kappa shape index (κ2) is 6.10. The highest BCUT2D eigenvalue weighted by Crippen LogP contribution is 2.29. The highest BCUT2D eigenvalue weighted by molar-refractivity contribution is 7.89. The Kier molecular flexibility index (Phi) is 4.65. The minimum absolute atomic E-state index is 0.0551. The van der Waals surface area contributed by atoms with Crippen LogP contribution in [-0.2, 0) is 10.0 Å². The van der Waals surface area contributed by atoms with E-state index in [0.717, 1.165) is 19.3 Å². The molecule has 1 N–H and O–H groups in total. The van der Waals surface area contributed by atoms with Crippen molar-refractivity contribution in [1.29, 1.82) is 0 Å². The molecule has 1 aliphatic heterocycles. The molecule has 0 saturated carbocycles. The van der Waals surface area contributed by atoms with Crippen molar-refractivity contribution in [3.63, 3.8) is 0 Å². The zero-order valence-electron chi connectivity index (χ0n) is 12.3. The molecule has 6 heteroatoms. The van der Waals surface area contributed by atoms with Crippen molar-refractivity contribution in [2.24, 2.45) is 0 Å². The Hall–Kier alpha value is -1.14. The molecule has 0 aromatic carbocycles. The van der Waals surface area contributed by atoms with Crippen molar-refractivity contribution in [3.8, 4) is 0 Å². The van der Waals surface area contributed by atoms with Gasteiger partial charge in [-0.15, -0.1) is 0 Å². The fraction of sp³-hybridized carbons (Fsp3) is 0.643. The van der Waals surface area contributed by atoms with Crippen LogP contribution in [0.4, 0.5) is 5.82 Å². The summed E-state index contributed by atoms with van der Waals surface area (Å²) < 4.78 is 27.3. The van der Waals surface area contributed by atoms with Crippen LogP contribution in [0.3, 0.4) is 0 Å². The molecule has 2 unspecified atom stereocenters. The smallest absolute Gasteiger partial charge is 0.243 e. The SMILES string of the molecule is CCNc1cc(S(=O)(=O)N2C(C)CCCC2C)ccn1. The summed E-state index contributed by atoms with van der Waals surface area (Å²) >= 11 is 0. The predicted octanol–water partition coefficient (Wildman–Crippen LogP) is 2.47. The molecule has 0 aliphatic carbocycles. The molecule has 0 bridgehead atoms. The predicted molar refractivity (Wildman–Crippen MR) is 80.2 cm³/mol. The second-order valence-corrected chi connectivity index (χ2v) is 7.21. The quantitative estimate of drug-likeness (QED) is 0.927. The maximum absolute atomic E-state index is 12.8. The lowest BCUT2D eigenvalue weighted by Crippen LogP contribution is -2.47. The summed E-state index contributed by atoms with van der Waals surface area (Å²) in [6.07, 6.45) is 4.49. The van der Waals surface area contributed by atoms with Crippen molar-refractivity contribution in [2.45, 2.75) is 57.0 Å². The number of hydrogen-bond acceptors (Lipinski definition) is 4. The molecule has 0 amide bonds. The first-order valence-corrected chi connectivity index (χ1v) is 8.64. The molecule has 1 aliphatic rings. The van der Waals surface area contributed by atoms with Gasteiger partial charge in [0, 0.05) is 30.9 Å². The van der Waals surface area contributed by atoms with Gasteiger partial charge in [-0.1, -0.05) is 6.42 Å². The molecule has 1 saturated heterocycles. The van der Waals surface area contributed by atoms with Gasteiger partial charge in [0.2, 0.25) is 10.0 Å². The number of aromatic nitrogens is 1. The third kappa shape index (κ3) is 2.96. The minimum Gasteiger partial charge on any atom is -0.370 e. The van der Waals surface area contributed by atoms with Gasteiger partial charge in [0.25, 0.3) is 0 Å². The number of rotatable bonds is 4. The number of piperidine rings is 1. The lowest BCUT2D eigenvalue weighted by Gasteiger charge is -2.37. The first-order chi connectivity index (χ1) is 9.46. The van der Waals surface area contributed by atoms with Crippen molar-refractivity contribution in [1.82, 2.24) is 9.29 Å². The number of sulfonamides is 1. The van der Waals surface area contributed by atoms with Crippen molar-refractivity contribution in [3.05, 3.63) is 18.3 Å². The third-order valence-corrected chi connectivity index (χ3v) is 5.90. The van der Waals surface area contributed by atoms with E-state index in [1.54, 1.807) is 22.6 Å². The molecule has 2 rings (SSSR count). The molecule has 20 heavy (non-hydrogen) atoms. The van der Waals surface area contributed by atoms with Gasteiger partial charge in [0.15, 0.2) is 0 Å². The van der Waals surface area contributed by atoms with E-state index in [2.05, 4.69) is 10.3 Å². The molecule has 0 radical (unpaired) electrons. The van der Waals surface area contributed by atoms with E-state index in [1.165, 1.54) is 0 Å². The van der Waals surface area contributed by atoms with E-state index < -0.39 is 10.0 Å². The van der Waals surface area contributed by atoms with Crippen LogP contribution in [0.2, 0.25) is 0 Å². The van der Waals surface area contributed by atoms with Crippen molar-refractivity contribution in [2.75, 3.05) is 11.9 Å². The van der Waals surface area contributed by atoms with Gasteiger partial charge in [-0.05, 0) is 39.7 Å². The van der Waals surface area contributed by atoms with E-state index in [4.69, 9.17) is 0 Å². The summed E-state index contributed by atoms with van der Waals surface area (Å²) in [5, 5.41) is 3.05. The Morgan fingerprint density at radius 1 is 1.35 bits per heavy atom. The van der Waals surface area contributed by atoms with Gasteiger partial charge in [-0.3, -0.25) is 0 Å². The lowest BCUT2D eigenvalue weighted by atomic mass is 10.0. The molecule has 112 valence electrons. The Labute approximate surface area is 121 Å². The normalized spacial score (nSPS) is 24.6. The third-order valence-electron chi connectivity index (χ3n) is 3.78. The van der Waals surface area contributed by atoms with Gasteiger partial charge < -0.3 is 5.32 Å². The second-order valence-electron chi connectivity index (χ2n) is 5.37. The summed E-state index contributed by atoms with van der Waals surface area (Å²) in [7, 11) is -3.45. The minimum atomic E-state index is -3.45. The maximum Gasteiger partial charge on any atom is 0.243 e. The van der Waals surface area contributed by atoms with Gasteiger partial charge >= 0.3 is 0 Å². The van der Waals surface area contributed by atoms with Gasteiger partial charge in [0.1, 0.15) is 5.82 Å². The highest BCUT2D eigenvalue weighted by atomic mass is 32.2. The van der Waals surface area contributed by atoms with Crippen LogP contribution in [0.25, 0.3) is 0 Å². The standard InChI is InChI=1S/C14H23N3O2S/c1-4-15-14-10-13(8-9-16-14)20(18,19)17-11(2)6-5-7-12(17)3/h8-12H,4-7H2,1-3H3,(H,15,16). The van der Waals surface area contributed by atoms with E-state index >= 15 is 0 Å². The number of anilines is 1. The van der Waals surface area contributed by atoms with Crippen molar-refractivity contribution < 1.29 is 8.42 Å². The first kappa shape index (κ1) is 15.3. The average Bonchev–Trinajstić information content (AvgIpc) is 2.39. The van der Waals surface area contributed by atoms with Crippen LogP contribution < -0.4 is 5.32 Å². The zero-order valence-corrected chi connectivity index (χ0v) is 13.2. The van der Waals surface area contributed by atoms with Crippen molar-refractivity contribution >= 4 is 15.8 Å². The van der Waals surface area contributed by atoms with Crippen LogP contribution in [0, 0.1) is 0 Å². The molecule has 0 spiro atoms. The van der Waals surface area contributed by atoms with Gasteiger partial charge in [0.05, 0.1) is 4.90 Å². The summed E-state index contributed by atoms with van der Waals surface area (Å²) in [4.78, 5) is 4.45. The van der Waals surface area contributed by atoms with E-state index in [-0.39, 0.29) is 12.1 Å². The number of nitrogens with zero attached hydrogens (tertiary/aromatic N) is 2. The summed E-state index contributed by atoms with van der Waals surface area (Å²) in [5.74, 6) is 0.603. The molecule has 2 heterocycles. The van der Waals surface area contributed by atoms with E-state index in [9.17, 15) is 8.42 Å². The summed E-state index contributed by atoms with van der Waals surface area (Å²) in [5.41, 5.74) is 0. The lowest BCUT2D eigenvalue weighted by molar-refractivity contribution is 0.204. The Bertz CT molecular complexity index is 549. The molecular weight excluding hydrogens is 274 g/mol. The fourth-order valence-electron chi connectivity index (χ4n) is 2.84. The van der Waals surface area contributed by atoms with Gasteiger partial charge in [-0.2, -0.15) is 4.31 Å². The summed E-state index contributed by atoms with van der Waals surface area (Å²) in [6.45, 7) is 6.64. The Morgan fingerprint density at radius 3 is 2.60 bits per heavy atom. The number of hydrogen-bond donors (Lipinski definition) is 1. The van der Waals surface area contributed by atoms with Crippen LogP contribution >= 0.6 is 0 Å². The molecule has 1 aromatic rings. The Morgan fingerprint density at radius 2 is 2.00 bits per heavy atom. The molecule has 1 aromatic heterocycles. The average molecular weight is 297 g/mol. The van der Waals surface area contributed by atoms with Crippen LogP contribution in [-0.4, -0.2) is 36.3 Å². The van der Waals surface area contributed by atoms with Crippen LogP contribution in [0.1, 0.15) is 40.0 Å². The fourth-order valence-corrected chi connectivity index (χ4v) is 4.74. The highest BCUT2D eigenvalue weighted by Gasteiger charge is 2.35. The number of nitrogens with one attached hydrogen (secondary N) is 1. The zero-order chi connectivity index (χ0) is 14.8. The molecule has 5 nitrogen and oxygen atoms in total. The first-order valence-electron chi connectivity index (χ1n) is 7.20. The topological polar surface area (TPSA) is 62.3 Å². The van der Waals surface area contributed by atoms with E-state index in [1.807, 2.05) is 20.8 Å². The van der Waals surface area contributed by atoms with Crippen LogP contribution in [0.5, 0.6) is 0 Å². The molecule has 2 atom stereocenters. The monoisotopic (exact) mass is 297 g/mol. The maximum atomic E-state index is 12.8. The molecular formula is C14H23N3O2S. The van der Waals surface area contributed by atoms with Crippen LogP contribution in [0.15, 0.2) is 23.2 Å². The number of pyridine rings is 1. The largest absolute Gasteiger partial charge is 0.370 e. The summed E-state index contributed by atoms with van der Waals surface area (Å²) in [6, 6.07) is 3.30.